The zero-order chi connectivity index (χ0) is 19.9. The van der Waals surface area contributed by atoms with E-state index in [4.69, 9.17) is 4.74 Å². The lowest BCUT2D eigenvalue weighted by molar-refractivity contribution is 0.0696. The summed E-state index contributed by atoms with van der Waals surface area (Å²) >= 11 is 0. The van der Waals surface area contributed by atoms with E-state index >= 15 is 0 Å². The quantitative estimate of drug-likeness (QED) is 0.702. The molecule has 2 aromatic carbocycles. The largest absolute Gasteiger partial charge is 0.478 e. The summed E-state index contributed by atoms with van der Waals surface area (Å²) in [7, 11) is 0. The van der Waals surface area contributed by atoms with Crippen LogP contribution in [-0.2, 0) is 17.9 Å². The molecule has 7 heteroatoms. The van der Waals surface area contributed by atoms with E-state index in [1.807, 2.05) is 30.3 Å². The summed E-state index contributed by atoms with van der Waals surface area (Å²) in [5.74, 6) is -0.842. The maximum Gasteiger partial charge on any atom is 0.417 e. The van der Waals surface area contributed by atoms with Gasteiger partial charge in [0.05, 0.1) is 12.1 Å². The molecule has 1 N–H and O–H groups in total. The third-order valence-corrected chi connectivity index (χ3v) is 3.96. The number of anilines is 1. The van der Waals surface area contributed by atoms with Crippen molar-refractivity contribution < 1.29 is 19.4 Å². The molecule has 0 unspecified atom stereocenters. The number of carboxylic acid groups (broad SMARTS) is 1. The summed E-state index contributed by atoms with van der Waals surface area (Å²) in [6, 6.07) is 17.4. The van der Waals surface area contributed by atoms with Gasteiger partial charge in [-0.05, 0) is 36.2 Å². The van der Waals surface area contributed by atoms with Gasteiger partial charge in [-0.15, -0.1) is 0 Å². The number of benzene rings is 2. The number of carbonyl (C=O) groups is 2. The molecule has 0 radical (unpaired) electrons. The molecular weight excluding hydrogens is 358 g/mol. The lowest BCUT2D eigenvalue weighted by Gasteiger charge is -2.21. The van der Waals surface area contributed by atoms with Gasteiger partial charge in [-0.3, -0.25) is 0 Å². The van der Waals surface area contributed by atoms with Crippen LogP contribution in [0.15, 0.2) is 66.9 Å². The third-order valence-electron chi connectivity index (χ3n) is 3.96. The van der Waals surface area contributed by atoms with Gasteiger partial charge in [0.25, 0.3) is 0 Å². The second kappa shape index (κ2) is 8.77. The van der Waals surface area contributed by atoms with Crippen LogP contribution in [0.1, 0.15) is 27.2 Å². The molecule has 3 aromatic rings. The van der Waals surface area contributed by atoms with Gasteiger partial charge in [-0.25, -0.2) is 24.5 Å². The van der Waals surface area contributed by atoms with Crippen molar-refractivity contribution in [2.75, 3.05) is 4.90 Å². The van der Waals surface area contributed by atoms with E-state index < -0.39 is 12.1 Å². The van der Waals surface area contributed by atoms with Crippen LogP contribution in [0.3, 0.4) is 0 Å². The van der Waals surface area contributed by atoms with Crippen molar-refractivity contribution in [1.82, 2.24) is 9.97 Å². The Kier molecular flexibility index (Phi) is 5.96. The number of carbonyl (C=O) groups excluding carboxylic acids is 1. The number of rotatable bonds is 6. The average molecular weight is 377 g/mol. The highest BCUT2D eigenvalue weighted by atomic mass is 16.6. The zero-order valence-corrected chi connectivity index (χ0v) is 15.3. The van der Waals surface area contributed by atoms with Crippen molar-refractivity contribution in [2.24, 2.45) is 0 Å². The Hall–Kier alpha value is -3.74. The Bertz CT molecular complexity index is 976. The smallest absolute Gasteiger partial charge is 0.417 e. The number of carboxylic acids is 1. The highest BCUT2D eigenvalue weighted by molar-refractivity contribution is 5.88. The van der Waals surface area contributed by atoms with Crippen molar-refractivity contribution in [3.05, 3.63) is 89.2 Å². The molecule has 3 rings (SSSR count). The highest BCUT2D eigenvalue weighted by Gasteiger charge is 2.21. The maximum atomic E-state index is 12.8. The predicted molar refractivity (Wildman–Crippen MR) is 103 cm³/mol. The van der Waals surface area contributed by atoms with Gasteiger partial charge in [-0.1, -0.05) is 42.5 Å². The van der Waals surface area contributed by atoms with E-state index in [-0.39, 0.29) is 24.7 Å². The molecule has 0 aliphatic rings. The van der Waals surface area contributed by atoms with Gasteiger partial charge < -0.3 is 9.84 Å². The van der Waals surface area contributed by atoms with E-state index in [0.717, 1.165) is 5.56 Å². The molecule has 7 nitrogen and oxygen atoms in total. The molecule has 1 amide bonds. The van der Waals surface area contributed by atoms with Gasteiger partial charge in [0.15, 0.2) is 0 Å². The Morgan fingerprint density at radius 3 is 2.50 bits per heavy atom. The number of aromatic nitrogens is 2. The number of nitrogens with zero attached hydrogens (tertiary/aromatic N) is 3. The molecule has 0 aliphatic heterocycles. The van der Waals surface area contributed by atoms with E-state index in [1.165, 1.54) is 17.0 Å². The minimum Gasteiger partial charge on any atom is -0.478 e. The summed E-state index contributed by atoms with van der Waals surface area (Å²) < 4.78 is 5.43. The summed E-state index contributed by atoms with van der Waals surface area (Å²) in [6.45, 7) is 1.99. The first-order chi connectivity index (χ1) is 13.5. The lowest BCUT2D eigenvalue weighted by atomic mass is 10.1. The second-order valence-corrected chi connectivity index (χ2v) is 6.13. The van der Waals surface area contributed by atoms with Crippen molar-refractivity contribution >= 4 is 18.0 Å². The fourth-order valence-corrected chi connectivity index (χ4v) is 2.57. The van der Waals surface area contributed by atoms with Crippen molar-refractivity contribution in [3.8, 4) is 0 Å². The number of hydrogen-bond donors (Lipinski definition) is 1. The molecule has 0 saturated heterocycles. The topological polar surface area (TPSA) is 92.6 Å². The average Bonchev–Trinajstić information content (AvgIpc) is 2.71. The van der Waals surface area contributed by atoms with Gasteiger partial charge in [0.2, 0.25) is 5.95 Å². The van der Waals surface area contributed by atoms with E-state index in [0.29, 0.717) is 11.3 Å². The van der Waals surface area contributed by atoms with E-state index in [1.54, 1.807) is 31.3 Å². The summed E-state index contributed by atoms with van der Waals surface area (Å²) in [6.07, 6.45) is 0.943. The zero-order valence-electron chi connectivity index (χ0n) is 15.3. The molecule has 28 heavy (non-hydrogen) atoms. The first-order valence-corrected chi connectivity index (χ1v) is 8.63. The SMILES string of the molecule is Cc1ccnc(N(Cc2cccc(C(=O)O)c2)C(=O)OCc2ccccc2)n1. The Balaban J connectivity index is 1.83. The van der Waals surface area contributed by atoms with Crippen LogP contribution >= 0.6 is 0 Å². The fraction of sp³-hybridized carbons (Fsp3) is 0.143. The van der Waals surface area contributed by atoms with Crippen LogP contribution in [0.25, 0.3) is 0 Å². The molecule has 1 aromatic heterocycles. The molecule has 0 aliphatic carbocycles. The first-order valence-electron chi connectivity index (χ1n) is 8.63. The molecule has 0 saturated carbocycles. The molecule has 0 atom stereocenters. The van der Waals surface area contributed by atoms with Gasteiger partial charge in [0.1, 0.15) is 6.61 Å². The standard InChI is InChI=1S/C21H19N3O4/c1-15-10-11-22-20(23-15)24(13-17-8-5-9-18(12-17)19(25)26)21(27)28-14-16-6-3-2-4-7-16/h2-12H,13-14H2,1H3,(H,25,26). The normalized spacial score (nSPS) is 10.3. The first kappa shape index (κ1) is 19.0. The van der Waals surface area contributed by atoms with Crippen molar-refractivity contribution in [2.45, 2.75) is 20.1 Å². The van der Waals surface area contributed by atoms with Crippen LogP contribution in [-0.4, -0.2) is 27.1 Å². The second-order valence-electron chi connectivity index (χ2n) is 6.13. The number of ether oxygens (including phenoxy) is 1. The molecule has 0 spiro atoms. The fourth-order valence-electron chi connectivity index (χ4n) is 2.57. The monoisotopic (exact) mass is 377 g/mol. The minimum absolute atomic E-state index is 0.0815. The summed E-state index contributed by atoms with van der Waals surface area (Å²) in [5.41, 5.74) is 2.32. The van der Waals surface area contributed by atoms with Crippen LogP contribution in [0.4, 0.5) is 10.7 Å². The molecule has 0 bridgehead atoms. The predicted octanol–water partition coefficient (Wildman–Crippen LogP) is 3.83. The van der Waals surface area contributed by atoms with Crippen molar-refractivity contribution in [1.29, 1.82) is 0 Å². The molecule has 1 heterocycles. The third kappa shape index (κ3) is 4.91. The number of aromatic carboxylic acids is 1. The van der Waals surface area contributed by atoms with E-state index in [2.05, 4.69) is 9.97 Å². The van der Waals surface area contributed by atoms with Crippen LogP contribution < -0.4 is 4.90 Å². The van der Waals surface area contributed by atoms with Gasteiger partial charge in [-0.2, -0.15) is 0 Å². The minimum atomic E-state index is -1.04. The molecule has 142 valence electrons. The number of amides is 1. The maximum absolute atomic E-state index is 12.8. The Morgan fingerprint density at radius 2 is 1.79 bits per heavy atom. The highest BCUT2D eigenvalue weighted by Crippen LogP contribution is 2.16. The van der Waals surface area contributed by atoms with Crippen LogP contribution in [0.2, 0.25) is 0 Å². The van der Waals surface area contributed by atoms with E-state index in [9.17, 15) is 14.7 Å². The number of aryl methyl sites for hydroxylation is 1. The number of hydrogen-bond acceptors (Lipinski definition) is 5. The van der Waals surface area contributed by atoms with Crippen LogP contribution in [0.5, 0.6) is 0 Å². The molecule has 0 fully saturated rings. The Labute approximate surface area is 162 Å². The van der Waals surface area contributed by atoms with Crippen molar-refractivity contribution in [3.63, 3.8) is 0 Å². The Morgan fingerprint density at radius 1 is 1.04 bits per heavy atom. The molecular formula is C21H19N3O4. The summed E-state index contributed by atoms with van der Waals surface area (Å²) in [5, 5.41) is 9.19. The lowest BCUT2D eigenvalue weighted by Crippen LogP contribution is -2.32. The van der Waals surface area contributed by atoms with Gasteiger partial charge in [0, 0.05) is 11.9 Å². The van der Waals surface area contributed by atoms with Crippen LogP contribution in [0, 0.1) is 6.92 Å². The van der Waals surface area contributed by atoms with Gasteiger partial charge >= 0.3 is 12.1 Å². The summed E-state index contributed by atoms with van der Waals surface area (Å²) in [4.78, 5) is 33.7.